The maximum absolute atomic E-state index is 11.9. The third-order valence-corrected chi connectivity index (χ3v) is 3.97. The van der Waals surface area contributed by atoms with Gasteiger partial charge >= 0.3 is 5.97 Å². The number of anilines is 1. The maximum atomic E-state index is 11.9. The van der Waals surface area contributed by atoms with Crippen LogP contribution in [0.5, 0.6) is 0 Å². The molecule has 2 rings (SSSR count). The summed E-state index contributed by atoms with van der Waals surface area (Å²) in [5.74, 6) is -0.181. The van der Waals surface area contributed by atoms with E-state index in [9.17, 15) is 4.79 Å². The average molecular weight is 293 g/mol. The number of rotatable bonds is 6. The zero-order valence-electron chi connectivity index (χ0n) is 11.7. The third-order valence-electron chi connectivity index (χ3n) is 2.84. The molecule has 0 fully saturated rings. The van der Waals surface area contributed by atoms with Gasteiger partial charge in [-0.2, -0.15) is 0 Å². The van der Waals surface area contributed by atoms with Gasteiger partial charge in [-0.25, -0.2) is 4.98 Å². The molecular weight excluding hydrogens is 274 g/mol. The van der Waals surface area contributed by atoms with E-state index in [4.69, 9.17) is 10.5 Å². The van der Waals surface area contributed by atoms with E-state index in [-0.39, 0.29) is 11.2 Å². The molecule has 0 aliphatic heterocycles. The highest BCUT2D eigenvalue weighted by Gasteiger charge is 2.21. The lowest BCUT2D eigenvalue weighted by Gasteiger charge is -2.12. The second kappa shape index (κ2) is 6.65. The molecule has 20 heavy (non-hydrogen) atoms. The largest absolute Gasteiger partial charge is 0.465 e. The molecule has 0 radical (unpaired) electrons. The van der Waals surface area contributed by atoms with Gasteiger partial charge in [0.25, 0.3) is 0 Å². The zero-order valence-corrected chi connectivity index (χ0v) is 12.5. The smallest absolute Gasteiger partial charge is 0.319 e. The number of ether oxygens (including phenoxy) is 1. The molecule has 1 unspecified atom stereocenters. The van der Waals surface area contributed by atoms with Crippen LogP contribution in [0.15, 0.2) is 23.4 Å². The fraction of sp³-hybridized carbons (Fsp3) is 0.429. The average Bonchev–Trinajstić information content (AvgIpc) is 2.80. The van der Waals surface area contributed by atoms with E-state index in [1.165, 1.54) is 11.8 Å². The van der Waals surface area contributed by atoms with Crippen LogP contribution in [0.2, 0.25) is 0 Å². The molecule has 108 valence electrons. The van der Waals surface area contributed by atoms with Crippen LogP contribution in [0.1, 0.15) is 26.7 Å². The monoisotopic (exact) mass is 293 g/mol. The molecule has 1 aromatic carbocycles. The first kappa shape index (κ1) is 14.7. The molecule has 2 aromatic rings. The Labute approximate surface area is 122 Å². The summed E-state index contributed by atoms with van der Waals surface area (Å²) in [6.07, 6.45) is 1.69. The molecule has 0 saturated carbocycles. The van der Waals surface area contributed by atoms with Crippen molar-refractivity contribution in [3.63, 3.8) is 0 Å². The molecule has 0 amide bonds. The maximum Gasteiger partial charge on any atom is 0.319 e. The minimum absolute atomic E-state index is 0.181. The van der Waals surface area contributed by atoms with Gasteiger partial charge in [-0.05, 0) is 31.5 Å². The molecule has 6 heteroatoms. The quantitative estimate of drug-likeness (QED) is 0.486. The lowest BCUT2D eigenvalue weighted by atomic mass is 10.2. The van der Waals surface area contributed by atoms with Crippen molar-refractivity contribution in [3.8, 4) is 0 Å². The van der Waals surface area contributed by atoms with Crippen molar-refractivity contribution >= 4 is 34.5 Å². The van der Waals surface area contributed by atoms with Gasteiger partial charge in [-0.3, -0.25) is 4.79 Å². The number of nitrogens with two attached hydrogens (primary N) is 1. The van der Waals surface area contributed by atoms with Gasteiger partial charge in [0.15, 0.2) is 5.16 Å². The van der Waals surface area contributed by atoms with Crippen molar-refractivity contribution in [1.29, 1.82) is 0 Å². The Balaban J connectivity index is 2.17. The number of hydrogen-bond donors (Lipinski definition) is 2. The minimum Gasteiger partial charge on any atom is -0.465 e. The Kier molecular flexibility index (Phi) is 4.89. The Morgan fingerprint density at radius 3 is 3.00 bits per heavy atom. The second-order valence-corrected chi connectivity index (χ2v) is 5.66. The van der Waals surface area contributed by atoms with Gasteiger partial charge in [0, 0.05) is 5.69 Å². The summed E-state index contributed by atoms with van der Waals surface area (Å²) in [4.78, 5) is 19.6. The Morgan fingerprint density at radius 2 is 2.30 bits per heavy atom. The first-order valence-electron chi connectivity index (χ1n) is 6.72. The topological polar surface area (TPSA) is 81.0 Å². The predicted molar refractivity (Wildman–Crippen MR) is 81.7 cm³/mol. The van der Waals surface area contributed by atoms with E-state index < -0.39 is 0 Å². The number of hydrogen-bond acceptors (Lipinski definition) is 5. The normalized spacial score (nSPS) is 12.5. The van der Waals surface area contributed by atoms with Gasteiger partial charge in [0.2, 0.25) is 0 Å². The van der Waals surface area contributed by atoms with Crippen molar-refractivity contribution < 1.29 is 9.53 Å². The standard InChI is InChI=1S/C14H19N3O2S/c1-3-5-12(13(18)19-4-2)20-14-16-10-7-6-9(15)8-11(10)17-14/h6-8,12H,3-5,15H2,1-2H3,(H,16,17). The number of nitrogens with one attached hydrogen (secondary N) is 1. The number of nitrogen functional groups attached to an aromatic ring is 1. The molecule has 0 aliphatic rings. The first-order valence-corrected chi connectivity index (χ1v) is 7.60. The number of esters is 1. The van der Waals surface area contributed by atoms with E-state index in [1.807, 2.05) is 32.0 Å². The first-order chi connectivity index (χ1) is 9.63. The molecule has 1 atom stereocenters. The van der Waals surface area contributed by atoms with Gasteiger partial charge in [-0.15, -0.1) is 0 Å². The van der Waals surface area contributed by atoms with E-state index in [0.717, 1.165) is 29.0 Å². The highest BCUT2D eigenvalue weighted by molar-refractivity contribution is 8.00. The third kappa shape index (κ3) is 3.45. The summed E-state index contributed by atoms with van der Waals surface area (Å²) in [7, 11) is 0. The number of imidazole rings is 1. The molecule has 5 nitrogen and oxygen atoms in total. The number of carbonyl (C=O) groups is 1. The Morgan fingerprint density at radius 1 is 1.50 bits per heavy atom. The van der Waals surface area contributed by atoms with Gasteiger partial charge < -0.3 is 15.5 Å². The molecular formula is C14H19N3O2S. The molecule has 0 spiro atoms. The van der Waals surface area contributed by atoms with E-state index in [2.05, 4.69) is 9.97 Å². The van der Waals surface area contributed by atoms with Crippen LogP contribution in [0.3, 0.4) is 0 Å². The number of H-pyrrole nitrogens is 1. The number of thioether (sulfide) groups is 1. The van der Waals surface area contributed by atoms with Crippen LogP contribution < -0.4 is 5.73 Å². The van der Waals surface area contributed by atoms with Crippen LogP contribution in [0.25, 0.3) is 11.0 Å². The number of carbonyl (C=O) groups excluding carboxylic acids is 1. The highest BCUT2D eigenvalue weighted by atomic mass is 32.2. The molecule has 1 aromatic heterocycles. The number of benzene rings is 1. The lowest BCUT2D eigenvalue weighted by Crippen LogP contribution is -2.20. The molecule has 3 N–H and O–H groups in total. The molecule has 0 saturated heterocycles. The van der Waals surface area contributed by atoms with Crippen molar-refractivity contribution in [3.05, 3.63) is 18.2 Å². The summed E-state index contributed by atoms with van der Waals surface area (Å²) < 4.78 is 5.10. The summed E-state index contributed by atoms with van der Waals surface area (Å²) in [5, 5.41) is 0.495. The van der Waals surface area contributed by atoms with Crippen LogP contribution in [-0.4, -0.2) is 27.8 Å². The fourth-order valence-corrected chi connectivity index (χ4v) is 3.02. The minimum atomic E-state index is -0.224. The van der Waals surface area contributed by atoms with Crippen molar-refractivity contribution in [2.45, 2.75) is 37.1 Å². The van der Waals surface area contributed by atoms with E-state index in [0.29, 0.717) is 12.3 Å². The van der Waals surface area contributed by atoms with E-state index >= 15 is 0 Å². The second-order valence-electron chi connectivity index (χ2n) is 4.47. The van der Waals surface area contributed by atoms with Crippen LogP contribution in [0, 0.1) is 0 Å². The van der Waals surface area contributed by atoms with Crippen LogP contribution in [-0.2, 0) is 9.53 Å². The number of nitrogens with zero attached hydrogens (tertiary/aromatic N) is 1. The summed E-state index contributed by atoms with van der Waals surface area (Å²) in [5.41, 5.74) is 8.16. The lowest BCUT2D eigenvalue weighted by molar-refractivity contribution is -0.142. The number of aromatic nitrogens is 2. The van der Waals surface area contributed by atoms with Crippen molar-refractivity contribution in [2.75, 3.05) is 12.3 Å². The predicted octanol–water partition coefficient (Wildman–Crippen LogP) is 2.97. The van der Waals surface area contributed by atoms with Crippen LogP contribution >= 0.6 is 11.8 Å². The van der Waals surface area contributed by atoms with Crippen LogP contribution in [0.4, 0.5) is 5.69 Å². The Bertz CT molecular complexity index is 597. The molecule has 1 heterocycles. The highest BCUT2D eigenvalue weighted by Crippen LogP contribution is 2.27. The summed E-state index contributed by atoms with van der Waals surface area (Å²) in [6.45, 7) is 4.26. The zero-order chi connectivity index (χ0) is 14.5. The number of fused-ring (bicyclic) bond motifs is 1. The molecule has 0 bridgehead atoms. The van der Waals surface area contributed by atoms with Gasteiger partial charge in [0.1, 0.15) is 5.25 Å². The fourth-order valence-electron chi connectivity index (χ4n) is 1.92. The molecule has 0 aliphatic carbocycles. The SMILES string of the molecule is CCCC(Sc1nc2ccc(N)cc2[nH]1)C(=O)OCC. The van der Waals surface area contributed by atoms with E-state index in [1.54, 1.807) is 0 Å². The van der Waals surface area contributed by atoms with Crippen molar-refractivity contribution in [1.82, 2.24) is 9.97 Å². The number of aromatic amines is 1. The van der Waals surface area contributed by atoms with Gasteiger partial charge in [-0.1, -0.05) is 25.1 Å². The van der Waals surface area contributed by atoms with Gasteiger partial charge in [0.05, 0.1) is 17.6 Å². The summed E-state index contributed by atoms with van der Waals surface area (Å²) in [6, 6.07) is 5.52. The summed E-state index contributed by atoms with van der Waals surface area (Å²) >= 11 is 1.41. The van der Waals surface area contributed by atoms with Crippen molar-refractivity contribution in [2.24, 2.45) is 0 Å². The Hall–Kier alpha value is -1.69.